The molecular formula is C18H21N5O2. The quantitative estimate of drug-likeness (QED) is 0.730. The molecule has 3 aromatic rings. The average molecular weight is 339 g/mol. The van der Waals surface area contributed by atoms with Crippen molar-refractivity contribution in [3.63, 3.8) is 0 Å². The molecule has 0 spiro atoms. The van der Waals surface area contributed by atoms with Crippen LogP contribution in [0.1, 0.15) is 19.8 Å². The number of hydrogen-bond acceptors (Lipinski definition) is 4. The van der Waals surface area contributed by atoms with Gasteiger partial charge in [-0.25, -0.2) is 4.79 Å². The van der Waals surface area contributed by atoms with E-state index in [1.165, 1.54) is 9.13 Å². The van der Waals surface area contributed by atoms with E-state index in [1.54, 1.807) is 7.05 Å². The first-order chi connectivity index (χ1) is 12.1. The van der Waals surface area contributed by atoms with E-state index in [0.717, 1.165) is 37.6 Å². The van der Waals surface area contributed by atoms with Crippen LogP contribution in [-0.4, -0.2) is 25.2 Å². The van der Waals surface area contributed by atoms with Crippen molar-refractivity contribution in [3.05, 3.63) is 51.2 Å². The van der Waals surface area contributed by atoms with Gasteiger partial charge in [-0.05, 0) is 25.0 Å². The predicted octanol–water partition coefficient (Wildman–Crippen LogP) is 1.85. The summed E-state index contributed by atoms with van der Waals surface area (Å²) in [4.78, 5) is 32.2. The van der Waals surface area contributed by atoms with Crippen molar-refractivity contribution in [3.8, 4) is 0 Å². The third kappa shape index (κ3) is 2.30. The van der Waals surface area contributed by atoms with Crippen LogP contribution in [-0.2, 0) is 20.1 Å². The molecule has 0 radical (unpaired) electrons. The molecule has 0 unspecified atom stereocenters. The molecular weight excluding hydrogens is 318 g/mol. The molecule has 0 fully saturated rings. The summed E-state index contributed by atoms with van der Waals surface area (Å²) < 4.78 is 4.76. The lowest BCUT2D eigenvalue weighted by atomic mass is 10.2. The lowest BCUT2D eigenvalue weighted by Crippen LogP contribution is -2.39. The van der Waals surface area contributed by atoms with Gasteiger partial charge >= 0.3 is 5.69 Å². The summed E-state index contributed by atoms with van der Waals surface area (Å²) >= 11 is 0. The van der Waals surface area contributed by atoms with Gasteiger partial charge < -0.3 is 9.47 Å². The predicted molar refractivity (Wildman–Crippen MR) is 97.6 cm³/mol. The fourth-order valence-electron chi connectivity index (χ4n) is 3.54. The zero-order valence-corrected chi connectivity index (χ0v) is 14.5. The number of nitrogens with zero attached hydrogens (tertiary/aromatic N) is 5. The molecule has 3 heterocycles. The van der Waals surface area contributed by atoms with E-state index in [-0.39, 0.29) is 11.2 Å². The van der Waals surface area contributed by atoms with Crippen molar-refractivity contribution in [2.24, 2.45) is 7.05 Å². The van der Waals surface area contributed by atoms with Crippen molar-refractivity contribution in [1.29, 1.82) is 0 Å². The Balaban J connectivity index is 2.01. The van der Waals surface area contributed by atoms with Gasteiger partial charge in [-0.15, -0.1) is 0 Å². The number of anilines is 2. The highest BCUT2D eigenvalue weighted by Crippen LogP contribution is 2.30. The minimum atomic E-state index is -0.305. The van der Waals surface area contributed by atoms with Gasteiger partial charge in [0.2, 0.25) is 5.95 Å². The van der Waals surface area contributed by atoms with Crippen LogP contribution in [0.4, 0.5) is 11.6 Å². The third-order valence-electron chi connectivity index (χ3n) is 4.73. The fourth-order valence-corrected chi connectivity index (χ4v) is 3.54. The number of rotatable bonds is 3. The topological polar surface area (TPSA) is 65.1 Å². The summed E-state index contributed by atoms with van der Waals surface area (Å²) in [7, 11) is 1.68. The fraction of sp³-hybridized carbons (Fsp3) is 0.389. The first kappa shape index (κ1) is 15.7. The van der Waals surface area contributed by atoms with Crippen molar-refractivity contribution in [2.75, 3.05) is 11.4 Å². The molecule has 0 amide bonds. The molecule has 0 aliphatic carbocycles. The Hall–Kier alpha value is -2.83. The van der Waals surface area contributed by atoms with E-state index < -0.39 is 0 Å². The SMILES string of the molecule is CCCn1c(=O)c2c(nc3n2CCCN3c2ccccc2)n(C)c1=O. The van der Waals surface area contributed by atoms with E-state index in [2.05, 4.69) is 9.88 Å². The van der Waals surface area contributed by atoms with Gasteiger partial charge in [-0.3, -0.25) is 13.9 Å². The maximum absolute atomic E-state index is 12.9. The lowest BCUT2D eigenvalue weighted by molar-refractivity contribution is 0.579. The Morgan fingerprint density at radius 2 is 1.88 bits per heavy atom. The minimum Gasteiger partial charge on any atom is -0.312 e. The average Bonchev–Trinajstić information content (AvgIpc) is 3.04. The zero-order chi connectivity index (χ0) is 17.6. The summed E-state index contributed by atoms with van der Waals surface area (Å²) in [5.41, 5.74) is 1.47. The first-order valence-electron chi connectivity index (χ1n) is 8.66. The molecule has 1 aliphatic heterocycles. The second kappa shape index (κ2) is 5.91. The van der Waals surface area contributed by atoms with E-state index in [4.69, 9.17) is 0 Å². The second-order valence-corrected chi connectivity index (χ2v) is 6.37. The molecule has 1 aliphatic rings. The standard InChI is InChI=1S/C18H21N5O2/c1-3-10-23-16(24)14-15(20(2)18(23)25)19-17-21(11-7-12-22(14)17)13-8-5-4-6-9-13/h4-6,8-9H,3,7,10-12H2,1-2H3. The van der Waals surface area contributed by atoms with Crippen LogP contribution in [0.5, 0.6) is 0 Å². The first-order valence-corrected chi connectivity index (χ1v) is 8.66. The van der Waals surface area contributed by atoms with Crippen LogP contribution in [0.2, 0.25) is 0 Å². The van der Waals surface area contributed by atoms with Crippen LogP contribution in [0.25, 0.3) is 11.2 Å². The molecule has 1 aromatic carbocycles. The maximum Gasteiger partial charge on any atom is 0.332 e. The molecule has 7 nitrogen and oxygen atoms in total. The van der Waals surface area contributed by atoms with Crippen molar-refractivity contribution in [2.45, 2.75) is 32.9 Å². The van der Waals surface area contributed by atoms with Gasteiger partial charge in [0.25, 0.3) is 5.56 Å². The largest absolute Gasteiger partial charge is 0.332 e. The molecule has 0 saturated carbocycles. The molecule has 130 valence electrons. The Morgan fingerprint density at radius 3 is 2.60 bits per heavy atom. The van der Waals surface area contributed by atoms with E-state index in [0.29, 0.717) is 17.7 Å². The number of hydrogen-bond donors (Lipinski definition) is 0. The number of para-hydroxylation sites is 1. The summed E-state index contributed by atoms with van der Waals surface area (Å²) in [6.07, 6.45) is 1.65. The highest BCUT2D eigenvalue weighted by Gasteiger charge is 2.26. The Kier molecular flexibility index (Phi) is 3.71. The molecule has 2 aromatic heterocycles. The van der Waals surface area contributed by atoms with Crippen LogP contribution in [0.15, 0.2) is 39.9 Å². The van der Waals surface area contributed by atoms with Gasteiger partial charge in [0.1, 0.15) is 0 Å². The Bertz CT molecular complexity index is 1050. The van der Waals surface area contributed by atoms with Crippen LogP contribution in [0, 0.1) is 0 Å². The summed E-state index contributed by atoms with van der Waals surface area (Å²) in [6, 6.07) is 10.0. The van der Waals surface area contributed by atoms with E-state index in [9.17, 15) is 9.59 Å². The van der Waals surface area contributed by atoms with Crippen LogP contribution in [0.3, 0.4) is 0 Å². The number of fused-ring (bicyclic) bond motifs is 3. The molecule has 0 N–H and O–H groups in total. The van der Waals surface area contributed by atoms with E-state index >= 15 is 0 Å². The lowest BCUT2D eigenvalue weighted by Gasteiger charge is -2.28. The minimum absolute atomic E-state index is 0.242. The number of benzene rings is 1. The summed E-state index contributed by atoms with van der Waals surface area (Å²) in [5.74, 6) is 0.730. The molecule has 0 atom stereocenters. The zero-order valence-electron chi connectivity index (χ0n) is 14.5. The number of aryl methyl sites for hydroxylation is 2. The summed E-state index contributed by atoms with van der Waals surface area (Å²) in [5, 5.41) is 0. The van der Waals surface area contributed by atoms with Gasteiger partial charge in [0, 0.05) is 32.4 Å². The Morgan fingerprint density at radius 1 is 1.12 bits per heavy atom. The number of aromatic nitrogens is 4. The Labute approximate surface area is 144 Å². The van der Waals surface area contributed by atoms with Gasteiger partial charge in [-0.2, -0.15) is 4.98 Å². The normalized spacial score (nSPS) is 14.1. The second-order valence-electron chi connectivity index (χ2n) is 6.37. The van der Waals surface area contributed by atoms with E-state index in [1.807, 2.05) is 41.8 Å². The number of imidazole rings is 1. The smallest absolute Gasteiger partial charge is 0.312 e. The molecule has 0 bridgehead atoms. The molecule has 25 heavy (non-hydrogen) atoms. The van der Waals surface area contributed by atoms with Crippen molar-refractivity contribution < 1.29 is 0 Å². The molecule has 0 saturated heterocycles. The highest BCUT2D eigenvalue weighted by atomic mass is 16.2. The summed E-state index contributed by atoms with van der Waals surface area (Å²) in [6.45, 7) is 3.95. The maximum atomic E-state index is 12.9. The molecule has 4 rings (SSSR count). The van der Waals surface area contributed by atoms with Gasteiger partial charge in [0.05, 0.1) is 0 Å². The monoisotopic (exact) mass is 339 g/mol. The van der Waals surface area contributed by atoms with Crippen molar-refractivity contribution >= 4 is 22.8 Å². The molecule has 7 heteroatoms. The third-order valence-corrected chi connectivity index (χ3v) is 4.73. The van der Waals surface area contributed by atoms with Gasteiger partial charge in [0.15, 0.2) is 11.2 Å². The van der Waals surface area contributed by atoms with Crippen LogP contribution < -0.4 is 16.1 Å². The van der Waals surface area contributed by atoms with Crippen LogP contribution >= 0.6 is 0 Å². The van der Waals surface area contributed by atoms with Crippen molar-refractivity contribution in [1.82, 2.24) is 18.7 Å². The highest BCUT2D eigenvalue weighted by molar-refractivity contribution is 5.77. The van der Waals surface area contributed by atoms with Gasteiger partial charge in [-0.1, -0.05) is 25.1 Å².